The van der Waals surface area contributed by atoms with E-state index < -0.39 is 63.6 Å². The Morgan fingerprint density at radius 2 is 1.69 bits per heavy atom. The number of methoxy groups -OCH3 is 1. The number of para-hydroxylation sites is 1. The summed E-state index contributed by atoms with van der Waals surface area (Å²) >= 11 is 0. The zero-order chi connectivity index (χ0) is 33.3. The molecule has 2 aromatic rings. The normalized spacial score (nSPS) is 17.4. The number of ether oxygens (including phenoxy) is 4. The van der Waals surface area contributed by atoms with Gasteiger partial charge >= 0.3 is 18.1 Å². The number of carbonyl (C=O) groups excluding carboxylic acids is 2. The summed E-state index contributed by atoms with van der Waals surface area (Å²) < 4.78 is 63.2. The summed E-state index contributed by atoms with van der Waals surface area (Å²) in [6, 6.07) is 11.5. The number of esters is 2. The van der Waals surface area contributed by atoms with E-state index in [2.05, 4.69) is 15.0 Å². The van der Waals surface area contributed by atoms with Gasteiger partial charge in [-0.15, -0.1) is 0 Å². The SMILES string of the molecule is COC(=O)C1C(C(F)(F)F)=NC(C)=C(C(=O)OCCOc2ccc(OCC(O)CNC(C)C)cc2)C1c1ccccc1[N+](=O)[O-]. The molecule has 0 radical (unpaired) electrons. The number of aliphatic imine (C=N–C) groups is 1. The molecule has 0 saturated carbocycles. The fourth-order valence-corrected chi connectivity index (χ4v) is 4.63. The molecule has 0 fully saturated rings. The Morgan fingerprint density at radius 3 is 2.27 bits per heavy atom. The zero-order valence-electron chi connectivity index (χ0n) is 25.0. The van der Waals surface area contributed by atoms with Crippen molar-refractivity contribution in [2.24, 2.45) is 10.9 Å². The Morgan fingerprint density at radius 1 is 1.07 bits per heavy atom. The predicted molar refractivity (Wildman–Crippen MR) is 155 cm³/mol. The molecule has 0 aromatic heterocycles. The molecule has 0 bridgehead atoms. The Balaban J connectivity index is 1.75. The third-order valence-electron chi connectivity index (χ3n) is 6.66. The molecule has 1 aliphatic heterocycles. The van der Waals surface area contributed by atoms with Gasteiger partial charge in [0.05, 0.1) is 17.6 Å². The Kier molecular flexibility index (Phi) is 12.0. The van der Waals surface area contributed by atoms with E-state index in [9.17, 15) is 38.0 Å². The van der Waals surface area contributed by atoms with Crippen molar-refractivity contribution >= 4 is 23.3 Å². The second-order valence-electron chi connectivity index (χ2n) is 10.3. The van der Waals surface area contributed by atoms with Crippen LogP contribution in [0.2, 0.25) is 0 Å². The summed E-state index contributed by atoms with van der Waals surface area (Å²) in [4.78, 5) is 40.5. The lowest BCUT2D eigenvalue weighted by atomic mass is 9.74. The number of nitrogens with zero attached hydrogens (tertiary/aromatic N) is 2. The summed E-state index contributed by atoms with van der Waals surface area (Å²) in [5.41, 5.74) is -3.35. The van der Waals surface area contributed by atoms with Crippen LogP contribution >= 0.6 is 0 Å². The Bertz CT molecular complexity index is 1430. The zero-order valence-corrected chi connectivity index (χ0v) is 25.0. The standard InChI is InChI=1S/C30H34F3N3O9/c1-17(2)34-15-19(37)16-45-21-11-9-20(10-12-21)43-13-14-44-29(39)24-18(3)35-27(30(31,32)33)26(28(38)42-4)25(24)22-7-5-6-8-23(22)36(40)41/h5-12,17,19,25-26,34,37H,13-16H2,1-4H3. The number of aliphatic hydroxyl groups excluding tert-OH is 1. The van der Waals surface area contributed by atoms with E-state index in [1.165, 1.54) is 18.2 Å². The highest BCUT2D eigenvalue weighted by Crippen LogP contribution is 2.46. The lowest BCUT2D eigenvalue weighted by Gasteiger charge is -2.32. The van der Waals surface area contributed by atoms with Crippen LogP contribution in [0.4, 0.5) is 18.9 Å². The van der Waals surface area contributed by atoms with Crippen LogP contribution < -0.4 is 14.8 Å². The van der Waals surface area contributed by atoms with Crippen LogP contribution in [0, 0.1) is 16.0 Å². The van der Waals surface area contributed by atoms with Crippen LogP contribution in [-0.2, 0) is 19.1 Å². The van der Waals surface area contributed by atoms with Crippen molar-refractivity contribution in [1.82, 2.24) is 5.32 Å². The minimum Gasteiger partial charge on any atom is -0.491 e. The van der Waals surface area contributed by atoms with Gasteiger partial charge in [-0.25, -0.2) is 4.79 Å². The number of allylic oxidation sites excluding steroid dienone is 1. The molecule has 1 aliphatic rings. The molecule has 2 aromatic carbocycles. The maximum Gasteiger partial charge on any atom is 0.430 e. The highest BCUT2D eigenvalue weighted by Gasteiger charge is 2.53. The molecule has 0 amide bonds. The first-order valence-corrected chi connectivity index (χ1v) is 13.9. The Hall–Kier alpha value is -4.50. The molecule has 45 heavy (non-hydrogen) atoms. The third kappa shape index (κ3) is 9.25. The molecule has 0 aliphatic carbocycles. The second kappa shape index (κ2) is 15.5. The Labute approximate surface area is 257 Å². The van der Waals surface area contributed by atoms with E-state index in [4.69, 9.17) is 14.2 Å². The summed E-state index contributed by atoms with van der Waals surface area (Å²) in [5.74, 6) is -5.65. The lowest BCUT2D eigenvalue weighted by molar-refractivity contribution is -0.385. The molecular weight excluding hydrogens is 603 g/mol. The quantitative estimate of drug-likeness (QED) is 0.134. The van der Waals surface area contributed by atoms with Gasteiger partial charge in [0.15, 0.2) is 0 Å². The van der Waals surface area contributed by atoms with Crippen molar-refractivity contribution in [3.8, 4) is 11.5 Å². The number of halogens is 3. The maximum atomic E-state index is 14.1. The first kappa shape index (κ1) is 35.0. The maximum absolute atomic E-state index is 14.1. The largest absolute Gasteiger partial charge is 0.491 e. The average Bonchev–Trinajstić information content (AvgIpc) is 3.00. The smallest absolute Gasteiger partial charge is 0.430 e. The van der Waals surface area contributed by atoms with Crippen molar-refractivity contribution in [3.05, 3.63) is 75.5 Å². The van der Waals surface area contributed by atoms with Gasteiger partial charge in [0, 0.05) is 35.8 Å². The molecule has 0 saturated heterocycles. The molecule has 2 N–H and O–H groups in total. The van der Waals surface area contributed by atoms with Gasteiger partial charge in [-0.1, -0.05) is 32.0 Å². The lowest BCUT2D eigenvalue weighted by Crippen LogP contribution is -2.44. The molecule has 12 nitrogen and oxygen atoms in total. The monoisotopic (exact) mass is 637 g/mol. The number of benzene rings is 2. The van der Waals surface area contributed by atoms with Gasteiger partial charge in [0.25, 0.3) is 5.69 Å². The molecule has 3 rings (SSSR count). The summed E-state index contributed by atoms with van der Waals surface area (Å²) in [5, 5.41) is 24.9. The molecule has 3 unspecified atom stereocenters. The van der Waals surface area contributed by atoms with Gasteiger partial charge in [-0.3, -0.25) is 19.9 Å². The number of nitro groups is 1. The summed E-state index contributed by atoms with van der Waals surface area (Å²) in [6.07, 6.45) is -5.82. The number of hydrogen-bond acceptors (Lipinski definition) is 11. The van der Waals surface area contributed by atoms with E-state index in [-0.39, 0.29) is 31.4 Å². The van der Waals surface area contributed by atoms with Crippen LogP contribution in [0.5, 0.6) is 11.5 Å². The fourth-order valence-electron chi connectivity index (χ4n) is 4.63. The number of nitro benzene ring substituents is 1. The van der Waals surface area contributed by atoms with E-state index in [0.29, 0.717) is 18.0 Å². The topological polar surface area (TPSA) is 159 Å². The highest BCUT2D eigenvalue weighted by atomic mass is 19.4. The number of alkyl halides is 3. The fraction of sp³-hybridized carbons (Fsp3) is 0.433. The predicted octanol–water partition coefficient (Wildman–Crippen LogP) is 4.12. The average molecular weight is 638 g/mol. The van der Waals surface area contributed by atoms with Crippen LogP contribution in [0.1, 0.15) is 32.3 Å². The molecular formula is C30H34F3N3O9. The first-order valence-electron chi connectivity index (χ1n) is 13.9. The van der Waals surface area contributed by atoms with Crippen LogP contribution in [-0.4, -0.2) is 79.5 Å². The molecule has 244 valence electrons. The number of aliphatic hydroxyl groups is 1. The molecule has 1 heterocycles. The van der Waals surface area contributed by atoms with Crippen LogP contribution in [0.25, 0.3) is 0 Å². The van der Waals surface area contributed by atoms with Gasteiger partial charge < -0.3 is 29.4 Å². The molecule has 0 spiro atoms. The van der Waals surface area contributed by atoms with Gasteiger partial charge in [0.1, 0.15) is 49.1 Å². The number of hydrogen-bond donors (Lipinski definition) is 2. The highest BCUT2D eigenvalue weighted by molar-refractivity contribution is 6.10. The summed E-state index contributed by atoms with van der Waals surface area (Å²) in [6.45, 7) is 4.96. The second-order valence-corrected chi connectivity index (χ2v) is 10.3. The van der Waals surface area contributed by atoms with E-state index in [1.807, 2.05) is 13.8 Å². The minimum absolute atomic E-state index is 0.0730. The van der Waals surface area contributed by atoms with E-state index in [0.717, 1.165) is 20.1 Å². The van der Waals surface area contributed by atoms with Gasteiger partial charge in [-0.2, -0.15) is 13.2 Å². The number of nitrogens with one attached hydrogen (secondary N) is 1. The number of rotatable bonds is 14. The third-order valence-corrected chi connectivity index (χ3v) is 6.66. The van der Waals surface area contributed by atoms with E-state index >= 15 is 0 Å². The molecule has 3 atom stereocenters. The van der Waals surface area contributed by atoms with Crippen LogP contribution in [0.15, 0.2) is 64.8 Å². The minimum atomic E-state index is -5.11. The van der Waals surface area contributed by atoms with Crippen molar-refractivity contribution in [2.75, 3.05) is 33.5 Å². The van der Waals surface area contributed by atoms with Crippen LogP contribution in [0.3, 0.4) is 0 Å². The van der Waals surface area contributed by atoms with Gasteiger partial charge in [0.2, 0.25) is 0 Å². The van der Waals surface area contributed by atoms with Crippen molar-refractivity contribution in [3.63, 3.8) is 0 Å². The van der Waals surface area contributed by atoms with Crippen molar-refractivity contribution < 1.29 is 51.7 Å². The summed E-state index contributed by atoms with van der Waals surface area (Å²) in [7, 11) is 0.862. The van der Waals surface area contributed by atoms with E-state index in [1.54, 1.807) is 24.3 Å². The molecule has 15 heteroatoms. The van der Waals surface area contributed by atoms with Gasteiger partial charge in [-0.05, 0) is 31.2 Å². The van der Waals surface area contributed by atoms with Crippen molar-refractivity contribution in [1.29, 1.82) is 0 Å². The first-order chi connectivity index (χ1) is 21.2. The van der Waals surface area contributed by atoms with Crippen molar-refractivity contribution in [2.45, 2.75) is 45.0 Å². The number of carbonyl (C=O) groups is 2.